The fourth-order valence-corrected chi connectivity index (χ4v) is 11.0. The van der Waals surface area contributed by atoms with Crippen LogP contribution >= 0.6 is 0 Å². The predicted octanol–water partition coefficient (Wildman–Crippen LogP) is 9.19. The quantitative estimate of drug-likeness (QED) is 0.350. The number of rotatable bonds is 4. The summed E-state index contributed by atoms with van der Waals surface area (Å²) in [6.07, 6.45) is 2.61. The van der Waals surface area contributed by atoms with Gasteiger partial charge in [0, 0.05) is 0 Å². The van der Waals surface area contributed by atoms with Gasteiger partial charge in [-0.1, -0.05) is 109 Å². The molecule has 0 fully saturated rings. The summed E-state index contributed by atoms with van der Waals surface area (Å²) in [4.78, 5) is 0. The first-order chi connectivity index (χ1) is 15.8. The van der Waals surface area contributed by atoms with Crippen LogP contribution in [0.2, 0.25) is 18.6 Å². The highest BCUT2D eigenvalue weighted by atomic mass is 28.3. The van der Waals surface area contributed by atoms with E-state index in [-0.39, 0.29) is 0 Å². The van der Waals surface area contributed by atoms with Gasteiger partial charge in [0.25, 0.3) is 0 Å². The van der Waals surface area contributed by atoms with Crippen molar-refractivity contribution in [1.82, 2.24) is 0 Å². The van der Waals surface area contributed by atoms with Gasteiger partial charge < -0.3 is 0 Å². The first-order valence-corrected chi connectivity index (χ1v) is 15.3. The molecular weight excluding hydrogens is 412 g/mol. The van der Waals surface area contributed by atoms with E-state index < -0.39 is 8.07 Å². The second-order valence-electron chi connectivity index (χ2n) is 10.5. The van der Waals surface area contributed by atoms with E-state index in [4.69, 9.17) is 0 Å². The molecule has 0 amide bonds. The van der Waals surface area contributed by atoms with Crippen molar-refractivity contribution < 1.29 is 0 Å². The van der Waals surface area contributed by atoms with E-state index >= 15 is 0 Å². The summed E-state index contributed by atoms with van der Waals surface area (Å²) in [6, 6.07) is 28.9. The third-order valence-electron chi connectivity index (χ3n) is 8.38. The van der Waals surface area contributed by atoms with Crippen LogP contribution in [0.15, 0.2) is 107 Å². The molecule has 3 aromatic carbocycles. The molecule has 166 valence electrons. The van der Waals surface area contributed by atoms with Crippen molar-refractivity contribution in [3.8, 4) is 11.1 Å². The van der Waals surface area contributed by atoms with Crippen LogP contribution in [-0.2, 0) is 0 Å². The van der Waals surface area contributed by atoms with E-state index in [0.29, 0.717) is 11.1 Å². The van der Waals surface area contributed by atoms with Crippen molar-refractivity contribution in [1.29, 1.82) is 0 Å². The Labute approximate surface area is 200 Å². The van der Waals surface area contributed by atoms with Gasteiger partial charge in [0.1, 0.15) is 0 Å². The average molecular weight is 447 g/mol. The molecule has 1 heteroatoms. The maximum absolute atomic E-state index is 2.61. The van der Waals surface area contributed by atoms with Gasteiger partial charge in [-0.3, -0.25) is 0 Å². The van der Waals surface area contributed by atoms with Gasteiger partial charge in [-0.05, 0) is 83.3 Å². The molecule has 2 aliphatic rings. The molecule has 0 spiro atoms. The normalized spacial score (nSPS) is 18.7. The minimum absolute atomic E-state index is 0.520. The van der Waals surface area contributed by atoms with Crippen LogP contribution in [0.5, 0.6) is 0 Å². The highest BCUT2D eigenvalue weighted by Gasteiger charge is 2.46. The second-order valence-corrected chi connectivity index (χ2v) is 15.3. The topological polar surface area (TPSA) is 0 Å². The highest BCUT2D eigenvalue weighted by Crippen LogP contribution is 2.54. The first-order valence-electron chi connectivity index (χ1n) is 12.1. The molecule has 1 atom stereocenters. The van der Waals surface area contributed by atoms with Crippen LogP contribution in [0.1, 0.15) is 49.9 Å². The SMILES string of the molecule is CC1=C(C)C([Si](C)(C)C2C=C(c3ccc(-c4ccccc4)cc3)c3ccccc32)C(C)=C1C. The van der Waals surface area contributed by atoms with Crippen LogP contribution in [0.3, 0.4) is 0 Å². The lowest BCUT2D eigenvalue weighted by Crippen LogP contribution is -2.39. The van der Waals surface area contributed by atoms with E-state index in [2.05, 4.69) is 126 Å². The van der Waals surface area contributed by atoms with Gasteiger partial charge >= 0.3 is 0 Å². The minimum Gasteiger partial charge on any atom is -0.0712 e. The van der Waals surface area contributed by atoms with Crippen molar-refractivity contribution in [3.05, 3.63) is 124 Å². The third kappa shape index (κ3) is 3.50. The number of hydrogen-bond donors (Lipinski definition) is 0. The highest BCUT2D eigenvalue weighted by molar-refractivity contribution is 6.82. The molecule has 1 unspecified atom stereocenters. The zero-order valence-corrected chi connectivity index (χ0v) is 21.7. The summed E-state index contributed by atoms with van der Waals surface area (Å²) in [7, 11) is -1.73. The zero-order chi connectivity index (χ0) is 23.3. The van der Waals surface area contributed by atoms with Crippen LogP contribution in [0.4, 0.5) is 0 Å². The van der Waals surface area contributed by atoms with Crippen LogP contribution < -0.4 is 0 Å². The smallest absolute Gasteiger partial charge is 0.0712 e. The van der Waals surface area contributed by atoms with Gasteiger partial charge in [-0.25, -0.2) is 0 Å². The molecule has 0 radical (unpaired) electrons. The van der Waals surface area contributed by atoms with Gasteiger partial charge in [-0.2, -0.15) is 0 Å². The lowest BCUT2D eigenvalue weighted by atomic mass is 9.97. The minimum atomic E-state index is -1.73. The summed E-state index contributed by atoms with van der Waals surface area (Å²) in [6.45, 7) is 14.6. The Morgan fingerprint density at radius 3 is 1.73 bits per heavy atom. The summed E-state index contributed by atoms with van der Waals surface area (Å²) in [5.41, 5.74) is 15.6. The maximum atomic E-state index is 2.61. The average Bonchev–Trinajstić information content (AvgIpc) is 3.32. The molecule has 33 heavy (non-hydrogen) atoms. The van der Waals surface area contributed by atoms with E-state index in [0.717, 1.165) is 0 Å². The Bertz CT molecular complexity index is 1280. The van der Waals surface area contributed by atoms with Gasteiger partial charge in [0.15, 0.2) is 0 Å². The molecule has 0 bridgehead atoms. The van der Waals surface area contributed by atoms with Gasteiger partial charge in [-0.15, -0.1) is 0 Å². The largest absolute Gasteiger partial charge is 0.0714 e. The second kappa shape index (κ2) is 8.15. The van der Waals surface area contributed by atoms with Gasteiger partial charge in [0.2, 0.25) is 0 Å². The van der Waals surface area contributed by atoms with Crippen molar-refractivity contribution in [2.24, 2.45) is 0 Å². The molecule has 0 saturated carbocycles. The summed E-state index contributed by atoms with van der Waals surface area (Å²) < 4.78 is 0. The Morgan fingerprint density at radius 2 is 1.09 bits per heavy atom. The molecule has 3 aromatic rings. The number of fused-ring (bicyclic) bond motifs is 1. The number of allylic oxidation sites excluding steroid dienone is 5. The Balaban J connectivity index is 1.57. The number of hydrogen-bond acceptors (Lipinski definition) is 0. The first kappa shape index (κ1) is 21.9. The molecule has 0 heterocycles. The summed E-state index contributed by atoms with van der Waals surface area (Å²) >= 11 is 0. The van der Waals surface area contributed by atoms with E-state index in [1.54, 1.807) is 11.1 Å². The third-order valence-corrected chi connectivity index (χ3v) is 12.8. The molecule has 5 rings (SSSR count). The van der Waals surface area contributed by atoms with Gasteiger partial charge in [0.05, 0.1) is 8.07 Å². The lowest BCUT2D eigenvalue weighted by Gasteiger charge is -2.37. The zero-order valence-electron chi connectivity index (χ0n) is 20.7. The molecule has 0 aromatic heterocycles. The standard InChI is InChI=1S/C32H34Si/c1-21-22(2)24(4)32(23(21)3)33(5,6)31-20-30(28-14-10-11-15-29(28)31)27-18-16-26(17-19-27)25-12-8-7-9-13-25/h7-20,31-32H,1-6H3. The van der Waals surface area contributed by atoms with Crippen molar-refractivity contribution in [2.75, 3.05) is 0 Å². The maximum Gasteiger partial charge on any atom is 0.0714 e. The van der Waals surface area contributed by atoms with E-state index in [1.165, 1.54) is 44.5 Å². The van der Waals surface area contributed by atoms with Crippen LogP contribution in [-0.4, -0.2) is 8.07 Å². The summed E-state index contributed by atoms with van der Waals surface area (Å²) in [5.74, 6) is 0. The molecule has 2 aliphatic carbocycles. The predicted molar refractivity (Wildman–Crippen MR) is 146 cm³/mol. The van der Waals surface area contributed by atoms with E-state index in [9.17, 15) is 0 Å². The van der Waals surface area contributed by atoms with Crippen molar-refractivity contribution in [3.63, 3.8) is 0 Å². The van der Waals surface area contributed by atoms with Crippen molar-refractivity contribution in [2.45, 2.75) is 51.9 Å². The monoisotopic (exact) mass is 446 g/mol. The van der Waals surface area contributed by atoms with Crippen LogP contribution in [0.25, 0.3) is 16.7 Å². The molecule has 0 N–H and O–H groups in total. The Kier molecular flexibility index (Phi) is 5.41. The number of benzene rings is 3. The fraction of sp³-hybridized carbons (Fsp3) is 0.250. The van der Waals surface area contributed by atoms with Crippen molar-refractivity contribution >= 4 is 13.6 Å². The molecular formula is C32H34Si. The van der Waals surface area contributed by atoms with E-state index in [1.807, 2.05) is 0 Å². The lowest BCUT2D eigenvalue weighted by molar-refractivity contribution is 1.00. The Morgan fingerprint density at radius 1 is 0.576 bits per heavy atom. The molecule has 0 aliphatic heterocycles. The van der Waals surface area contributed by atoms with Crippen LogP contribution in [0, 0.1) is 0 Å². The molecule has 0 saturated heterocycles. The Hall–Kier alpha value is -2.90. The summed E-state index contributed by atoms with van der Waals surface area (Å²) in [5, 5.41) is 0. The molecule has 0 nitrogen and oxygen atoms in total. The fourth-order valence-electron chi connectivity index (χ4n) is 6.34.